The molecule has 3 nitrogen and oxygen atoms in total. The summed E-state index contributed by atoms with van der Waals surface area (Å²) in [7, 11) is 0. The zero-order valence-electron chi connectivity index (χ0n) is 13.2. The van der Waals surface area contributed by atoms with Crippen LogP contribution >= 0.6 is 0 Å². The van der Waals surface area contributed by atoms with Crippen LogP contribution in [0.3, 0.4) is 0 Å². The molecule has 1 aliphatic heterocycles. The molecule has 1 aromatic carbocycles. The Morgan fingerprint density at radius 3 is 2.48 bits per heavy atom. The van der Waals surface area contributed by atoms with Gasteiger partial charge in [-0.25, -0.2) is 0 Å². The molecule has 3 rings (SSSR count). The minimum absolute atomic E-state index is 0.0754. The lowest BCUT2D eigenvalue weighted by Crippen LogP contribution is -2.31. The first-order chi connectivity index (χ1) is 9.84. The summed E-state index contributed by atoms with van der Waals surface area (Å²) in [6.45, 7) is 10.1. The molecule has 3 heteroatoms. The Bertz CT molecular complexity index is 705. The highest BCUT2D eigenvalue weighted by molar-refractivity contribution is 5.63. The van der Waals surface area contributed by atoms with Gasteiger partial charge in [0.05, 0.1) is 5.92 Å². The summed E-state index contributed by atoms with van der Waals surface area (Å²) < 4.78 is 6.27. The topological polar surface area (TPSA) is 42.4 Å². The van der Waals surface area contributed by atoms with E-state index in [2.05, 4.69) is 24.9 Å². The third-order valence-electron chi connectivity index (χ3n) is 4.63. The number of phenols is 1. The first-order valence-electron chi connectivity index (χ1n) is 7.26. The number of nitrogens with zero attached hydrogens (tertiary/aromatic N) is 1. The van der Waals surface area contributed by atoms with Gasteiger partial charge in [-0.1, -0.05) is 6.07 Å². The molecule has 0 saturated carbocycles. The predicted molar refractivity (Wildman–Crippen MR) is 83.1 cm³/mol. The van der Waals surface area contributed by atoms with Crippen LogP contribution in [0.4, 0.5) is 0 Å². The Labute approximate surface area is 125 Å². The van der Waals surface area contributed by atoms with Gasteiger partial charge in [0.25, 0.3) is 0 Å². The summed E-state index contributed by atoms with van der Waals surface area (Å²) in [5, 5.41) is 10.4. The monoisotopic (exact) mass is 283 g/mol. The van der Waals surface area contributed by atoms with Crippen LogP contribution in [-0.4, -0.2) is 15.7 Å². The number of hydrogen-bond acceptors (Lipinski definition) is 3. The van der Waals surface area contributed by atoms with Crippen molar-refractivity contribution in [3.05, 3.63) is 52.3 Å². The normalized spacial score (nSPS) is 19.2. The van der Waals surface area contributed by atoms with Gasteiger partial charge in [0.15, 0.2) is 0 Å². The van der Waals surface area contributed by atoms with E-state index in [0.29, 0.717) is 5.75 Å². The Balaban J connectivity index is 2.31. The summed E-state index contributed by atoms with van der Waals surface area (Å²) in [4.78, 5) is 4.24. The maximum Gasteiger partial charge on any atom is 0.127 e. The second kappa shape index (κ2) is 4.48. The van der Waals surface area contributed by atoms with Crippen molar-refractivity contribution < 1.29 is 9.84 Å². The minimum atomic E-state index is -0.360. The van der Waals surface area contributed by atoms with Crippen LogP contribution in [0.25, 0.3) is 0 Å². The first-order valence-corrected chi connectivity index (χ1v) is 7.26. The summed E-state index contributed by atoms with van der Waals surface area (Å²) in [6, 6.07) is 4.02. The van der Waals surface area contributed by atoms with Crippen molar-refractivity contribution in [3.8, 4) is 11.5 Å². The van der Waals surface area contributed by atoms with E-state index in [0.717, 1.165) is 33.6 Å². The highest BCUT2D eigenvalue weighted by Crippen LogP contribution is 2.53. The standard InChI is InChI=1S/C18H21NO2/c1-10-11(2)17-14(12(3)16(10)20)15(18(4,5)21-17)13-7-6-8-19-9-13/h6-9,15,20H,1-5H3. The van der Waals surface area contributed by atoms with Gasteiger partial charge in [-0.2, -0.15) is 0 Å². The zero-order valence-corrected chi connectivity index (χ0v) is 13.2. The van der Waals surface area contributed by atoms with Gasteiger partial charge in [-0.3, -0.25) is 4.98 Å². The third-order valence-corrected chi connectivity index (χ3v) is 4.63. The molecule has 1 atom stereocenters. The van der Waals surface area contributed by atoms with E-state index in [1.807, 2.05) is 33.0 Å². The molecule has 0 bridgehead atoms. The zero-order chi connectivity index (χ0) is 15.4. The van der Waals surface area contributed by atoms with Crippen molar-refractivity contribution in [1.29, 1.82) is 0 Å². The van der Waals surface area contributed by atoms with Crippen molar-refractivity contribution in [1.82, 2.24) is 4.98 Å². The van der Waals surface area contributed by atoms with Gasteiger partial charge in [0, 0.05) is 18.0 Å². The van der Waals surface area contributed by atoms with Crippen molar-refractivity contribution in [2.45, 2.75) is 46.1 Å². The second-order valence-electron chi connectivity index (χ2n) is 6.39. The number of phenolic OH excluding ortho intramolecular Hbond substituents is 1. The largest absolute Gasteiger partial charge is 0.507 e. The van der Waals surface area contributed by atoms with Gasteiger partial charge in [-0.05, 0) is 62.9 Å². The number of aromatic hydroxyl groups is 1. The van der Waals surface area contributed by atoms with Crippen molar-refractivity contribution in [3.63, 3.8) is 0 Å². The average Bonchev–Trinajstić information content (AvgIpc) is 2.75. The van der Waals surface area contributed by atoms with E-state index in [-0.39, 0.29) is 11.5 Å². The van der Waals surface area contributed by atoms with Crippen molar-refractivity contribution in [2.24, 2.45) is 0 Å². The molecule has 0 fully saturated rings. The minimum Gasteiger partial charge on any atom is -0.507 e. The van der Waals surface area contributed by atoms with E-state index in [9.17, 15) is 5.11 Å². The summed E-state index contributed by atoms with van der Waals surface area (Å²) >= 11 is 0. The molecule has 1 N–H and O–H groups in total. The van der Waals surface area contributed by atoms with Crippen LogP contribution in [0.2, 0.25) is 0 Å². The van der Waals surface area contributed by atoms with Crippen LogP contribution in [0.1, 0.15) is 47.6 Å². The van der Waals surface area contributed by atoms with Crippen molar-refractivity contribution in [2.75, 3.05) is 0 Å². The fraction of sp³-hybridized carbons (Fsp3) is 0.389. The fourth-order valence-corrected chi connectivity index (χ4v) is 3.39. The van der Waals surface area contributed by atoms with Gasteiger partial charge in [-0.15, -0.1) is 0 Å². The van der Waals surface area contributed by atoms with E-state index in [1.165, 1.54) is 0 Å². The lowest BCUT2D eigenvalue weighted by molar-refractivity contribution is 0.121. The molecule has 0 aliphatic carbocycles. The number of hydrogen-bond donors (Lipinski definition) is 1. The van der Waals surface area contributed by atoms with E-state index in [1.54, 1.807) is 6.20 Å². The van der Waals surface area contributed by atoms with Crippen LogP contribution in [0.5, 0.6) is 11.5 Å². The molecule has 0 spiro atoms. The molecule has 2 aromatic rings. The molecule has 0 saturated heterocycles. The molecule has 2 heterocycles. The first kappa shape index (κ1) is 13.9. The molecule has 1 unspecified atom stereocenters. The van der Waals surface area contributed by atoms with Crippen molar-refractivity contribution >= 4 is 0 Å². The van der Waals surface area contributed by atoms with Gasteiger partial charge in [0.1, 0.15) is 17.1 Å². The lowest BCUT2D eigenvalue weighted by atomic mass is 9.79. The number of benzene rings is 1. The number of aromatic nitrogens is 1. The van der Waals surface area contributed by atoms with Crippen LogP contribution in [-0.2, 0) is 0 Å². The molecule has 0 radical (unpaired) electrons. The molecule has 1 aromatic heterocycles. The number of pyridine rings is 1. The van der Waals surface area contributed by atoms with Gasteiger partial charge < -0.3 is 9.84 Å². The Morgan fingerprint density at radius 2 is 1.86 bits per heavy atom. The molecule has 110 valence electrons. The maximum atomic E-state index is 10.4. The summed E-state index contributed by atoms with van der Waals surface area (Å²) in [5.41, 5.74) is 4.68. The number of ether oxygens (including phenoxy) is 1. The Hall–Kier alpha value is -2.03. The summed E-state index contributed by atoms with van der Waals surface area (Å²) in [5.74, 6) is 1.37. The molecule has 21 heavy (non-hydrogen) atoms. The van der Waals surface area contributed by atoms with Crippen LogP contribution < -0.4 is 4.74 Å². The van der Waals surface area contributed by atoms with Crippen LogP contribution in [0.15, 0.2) is 24.5 Å². The highest BCUT2D eigenvalue weighted by atomic mass is 16.5. The number of fused-ring (bicyclic) bond motifs is 1. The second-order valence-corrected chi connectivity index (χ2v) is 6.39. The molecular weight excluding hydrogens is 262 g/mol. The van der Waals surface area contributed by atoms with E-state index >= 15 is 0 Å². The van der Waals surface area contributed by atoms with E-state index < -0.39 is 0 Å². The van der Waals surface area contributed by atoms with Gasteiger partial charge >= 0.3 is 0 Å². The quantitative estimate of drug-likeness (QED) is 0.859. The third kappa shape index (κ3) is 1.91. The molecular formula is C18H21NO2. The summed E-state index contributed by atoms with van der Waals surface area (Å²) in [6.07, 6.45) is 3.66. The SMILES string of the molecule is Cc1c(C)c2c(c(C)c1O)C(c1cccnc1)C(C)(C)O2. The Kier molecular flexibility index (Phi) is 2.97. The highest BCUT2D eigenvalue weighted by Gasteiger charge is 2.45. The van der Waals surface area contributed by atoms with Crippen LogP contribution in [0, 0.1) is 20.8 Å². The molecule has 1 aliphatic rings. The molecule has 0 amide bonds. The number of rotatable bonds is 1. The maximum absolute atomic E-state index is 10.4. The van der Waals surface area contributed by atoms with E-state index in [4.69, 9.17) is 4.74 Å². The predicted octanol–water partition coefficient (Wildman–Crippen LogP) is 4.02. The lowest BCUT2D eigenvalue weighted by Gasteiger charge is -2.27. The fourth-order valence-electron chi connectivity index (χ4n) is 3.39. The average molecular weight is 283 g/mol. The Morgan fingerprint density at radius 1 is 1.14 bits per heavy atom. The smallest absolute Gasteiger partial charge is 0.127 e. The van der Waals surface area contributed by atoms with Gasteiger partial charge in [0.2, 0.25) is 0 Å².